The van der Waals surface area contributed by atoms with Gasteiger partial charge in [0.1, 0.15) is 0 Å². The molecule has 5 rings (SSSR count). The van der Waals surface area contributed by atoms with E-state index in [-0.39, 0.29) is 0 Å². The SMILES string of the molecule is CC(C)n1cc(CCNc2cccc3c4cccc(NC(=O)Oc5ccccc5Cl)cc-4nc23)cn1. The number of ether oxygens (including phenoxy) is 1. The van der Waals surface area contributed by atoms with E-state index in [9.17, 15) is 4.79 Å². The zero-order valence-electron chi connectivity index (χ0n) is 20.0. The van der Waals surface area contributed by atoms with Crippen LogP contribution in [-0.4, -0.2) is 27.4 Å². The number of carbonyl (C=O) groups excluding carboxylic acids is 1. The molecule has 1 aliphatic carbocycles. The molecule has 8 heteroatoms. The normalized spacial score (nSPS) is 11.2. The summed E-state index contributed by atoms with van der Waals surface area (Å²) in [5.41, 5.74) is 5.39. The van der Waals surface area contributed by atoms with Crippen LogP contribution >= 0.6 is 11.6 Å². The molecule has 2 heterocycles. The van der Waals surface area contributed by atoms with Gasteiger partial charge in [-0.25, -0.2) is 9.78 Å². The van der Waals surface area contributed by atoms with Crippen molar-refractivity contribution in [2.45, 2.75) is 26.3 Å². The lowest BCUT2D eigenvalue weighted by Crippen LogP contribution is -2.16. The van der Waals surface area contributed by atoms with Crippen molar-refractivity contribution < 1.29 is 9.53 Å². The van der Waals surface area contributed by atoms with Crippen molar-refractivity contribution in [3.63, 3.8) is 0 Å². The highest BCUT2D eigenvalue weighted by Gasteiger charge is 2.15. The van der Waals surface area contributed by atoms with Crippen LogP contribution in [0.5, 0.6) is 5.75 Å². The number of halogens is 1. The van der Waals surface area contributed by atoms with Crippen molar-refractivity contribution in [1.29, 1.82) is 0 Å². The molecule has 3 aromatic rings. The van der Waals surface area contributed by atoms with Gasteiger partial charge < -0.3 is 10.1 Å². The molecule has 2 aliphatic rings. The number of rotatable bonds is 7. The Labute approximate surface area is 214 Å². The number of anilines is 2. The molecule has 36 heavy (non-hydrogen) atoms. The summed E-state index contributed by atoms with van der Waals surface area (Å²) < 4.78 is 7.32. The molecule has 1 aliphatic heterocycles. The Hall–Kier alpha value is -4.10. The number of carbonyl (C=O) groups is 1. The lowest BCUT2D eigenvalue weighted by Gasteiger charge is -2.07. The maximum Gasteiger partial charge on any atom is 0.417 e. The molecule has 182 valence electrons. The van der Waals surface area contributed by atoms with E-state index in [1.165, 1.54) is 5.56 Å². The molecule has 0 unspecified atom stereocenters. The number of hydrogen-bond acceptors (Lipinski definition) is 5. The molecule has 1 aromatic heterocycles. The number of nitrogens with zero attached hydrogens (tertiary/aromatic N) is 3. The zero-order valence-corrected chi connectivity index (χ0v) is 20.8. The van der Waals surface area contributed by atoms with E-state index in [1.54, 1.807) is 30.3 Å². The average molecular weight is 500 g/mol. The van der Waals surface area contributed by atoms with Crippen LogP contribution in [0.1, 0.15) is 25.5 Å². The lowest BCUT2D eigenvalue weighted by molar-refractivity contribution is 0.215. The van der Waals surface area contributed by atoms with E-state index in [0.717, 1.165) is 40.8 Å². The smallest absolute Gasteiger partial charge is 0.409 e. The third kappa shape index (κ3) is 5.11. The van der Waals surface area contributed by atoms with Crippen molar-refractivity contribution in [3.05, 3.63) is 89.7 Å². The largest absolute Gasteiger partial charge is 0.417 e. The Kier molecular flexibility index (Phi) is 6.73. The van der Waals surface area contributed by atoms with Gasteiger partial charge in [0.05, 0.1) is 28.1 Å². The van der Waals surface area contributed by atoms with Crippen LogP contribution in [0.3, 0.4) is 0 Å². The summed E-state index contributed by atoms with van der Waals surface area (Å²) in [5, 5.41) is 12.1. The molecule has 0 saturated carbocycles. The van der Waals surface area contributed by atoms with Gasteiger partial charge in [0.2, 0.25) is 0 Å². The Morgan fingerprint density at radius 1 is 1.08 bits per heavy atom. The van der Waals surface area contributed by atoms with Gasteiger partial charge in [0.25, 0.3) is 0 Å². The fourth-order valence-electron chi connectivity index (χ4n) is 4.05. The molecule has 1 amide bonds. The summed E-state index contributed by atoms with van der Waals surface area (Å²) >= 11 is 6.09. The van der Waals surface area contributed by atoms with Crippen LogP contribution in [0.2, 0.25) is 5.02 Å². The van der Waals surface area contributed by atoms with Crippen LogP contribution in [0.15, 0.2) is 79.1 Å². The minimum atomic E-state index is -0.623. The van der Waals surface area contributed by atoms with E-state index in [1.807, 2.05) is 41.2 Å². The Morgan fingerprint density at radius 3 is 2.72 bits per heavy atom. The number of para-hydroxylation sites is 2. The summed E-state index contributed by atoms with van der Waals surface area (Å²) in [6.45, 7) is 5.00. The highest BCUT2D eigenvalue weighted by atomic mass is 35.5. The molecule has 0 spiro atoms. The summed E-state index contributed by atoms with van der Waals surface area (Å²) in [6.07, 6.45) is 4.25. The van der Waals surface area contributed by atoms with E-state index >= 15 is 0 Å². The topological polar surface area (TPSA) is 81.1 Å². The van der Waals surface area contributed by atoms with Crippen LogP contribution in [0, 0.1) is 0 Å². The molecule has 2 aromatic carbocycles. The quantitative estimate of drug-likeness (QED) is 0.251. The van der Waals surface area contributed by atoms with Crippen molar-refractivity contribution >= 4 is 40.0 Å². The first-order valence-corrected chi connectivity index (χ1v) is 12.2. The molecule has 0 bridgehead atoms. The van der Waals surface area contributed by atoms with Gasteiger partial charge in [-0.05, 0) is 56.2 Å². The molecule has 0 saturated heterocycles. The predicted octanol–water partition coefficient (Wildman–Crippen LogP) is 7.04. The third-order valence-electron chi connectivity index (χ3n) is 5.86. The summed E-state index contributed by atoms with van der Waals surface area (Å²) in [4.78, 5) is 17.3. The maximum absolute atomic E-state index is 12.4. The Bertz CT molecular complexity index is 1500. The fraction of sp³-hybridized carbons (Fsp3) is 0.179. The number of benzene rings is 2. The van der Waals surface area contributed by atoms with Gasteiger partial charge in [-0.3, -0.25) is 10.00 Å². The van der Waals surface area contributed by atoms with Crippen molar-refractivity contribution in [2.75, 3.05) is 17.2 Å². The second-order valence-corrected chi connectivity index (χ2v) is 9.19. The first-order valence-electron chi connectivity index (χ1n) is 11.8. The van der Waals surface area contributed by atoms with Gasteiger partial charge >= 0.3 is 6.09 Å². The first-order chi connectivity index (χ1) is 17.5. The van der Waals surface area contributed by atoms with Crippen molar-refractivity contribution in [2.24, 2.45) is 0 Å². The molecule has 2 N–H and O–H groups in total. The minimum Gasteiger partial charge on any atom is -0.409 e. The van der Waals surface area contributed by atoms with E-state index in [2.05, 4.69) is 41.8 Å². The first kappa shape index (κ1) is 23.6. The zero-order chi connectivity index (χ0) is 25.1. The number of hydrogen-bond donors (Lipinski definition) is 2. The highest BCUT2D eigenvalue weighted by molar-refractivity contribution is 6.32. The van der Waals surface area contributed by atoms with Gasteiger partial charge in [0, 0.05) is 35.4 Å². The monoisotopic (exact) mass is 499 g/mol. The van der Waals surface area contributed by atoms with Gasteiger partial charge in [0.15, 0.2) is 5.75 Å². The molecular weight excluding hydrogens is 474 g/mol. The Balaban J connectivity index is 1.33. The third-order valence-corrected chi connectivity index (χ3v) is 6.18. The number of nitrogens with one attached hydrogen (secondary N) is 2. The number of fused-ring (bicyclic) bond motifs is 3. The number of amides is 1. The van der Waals surface area contributed by atoms with E-state index < -0.39 is 6.09 Å². The van der Waals surface area contributed by atoms with Gasteiger partial charge in [-0.2, -0.15) is 5.10 Å². The summed E-state index contributed by atoms with van der Waals surface area (Å²) in [5.74, 6) is 0.298. The van der Waals surface area contributed by atoms with E-state index in [4.69, 9.17) is 21.3 Å². The minimum absolute atomic E-state index is 0.298. The average Bonchev–Trinajstić information content (AvgIpc) is 3.41. The van der Waals surface area contributed by atoms with Crippen LogP contribution < -0.4 is 15.4 Å². The fourth-order valence-corrected chi connectivity index (χ4v) is 4.22. The molecule has 7 nitrogen and oxygen atoms in total. The lowest BCUT2D eigenvalue weighted by atomic mass is 10.1. The van der Waals surface area contributed by atoms with Crippen molar-refractivity contribution in [1.82, 2.24) is 14.8 Å². The predicted molar refractivity (Wildman–Crippen MR) is 144 cm³/mol. The molecular formula is C28H26ClN5O2. The van der Waals surface area contributed by atoms with E-state index in [0.29, 0.717) is 22.5 Å². The standard InChI is InChI=1S/C28H26ClN5O2/c1-18(2)34-17-19(16-31-34)13-14-30-24-11-6-9-22-21-8-5-7-20(15-25(21)33-27(22)24)32-28(35)36-26-12-4-3-10-23(26)29/h3-12,15-18,30H,13-14H2,1-2H3,(H,32,35). The second-order valence-electron chi connectivity index (χ2n) is 8.78. The summed E-state index contributed by atoms with van der Waals surface area (Å²) in [6, 6.07) is 20.8. The Morgan fingerprint density at radius 2 is 1.92 bits per heavy atom. The van der Waals surface area contributed by atoms with Gasteiger partial charge in [-0.15, -0.1) is 0 Å². The maximum atomic E-state index is 12.4. The van der Waals surface area contributed by atoms with Gasteiger partial charge in [-0.1, -0.05) is 48.0 Å². The number of aromatic nitrogens is 3. The molecule has 0 fully saturated rings. The molecule has 0 radical (unpaired) electrons. The second kappa shape index (κ2) is 10.3. The molecule has 0 atom stereocenters. The summed E-state index contributed by atoms with van der Waals surface area (Å²) in [7, 11) is 0. The van der Waals surface area contributed by atoms with Crippen LogP contribution in [0.4, 0.5) is 16.2 Å². The van der Waals surface area contributed by atoms with Crippen molar-refractivity contribution in [3.8, 4) is 17.0 Å². The highest BCUT2D eigenvalue weighted by Crippen LogP contribution is 2.35. The van der Waals surface area contributed by atoms with Crippen LogP contribution in [-0.2, 0) is 6.42 Å². The van der Waals surface area contributed by atoms with Crippen LogP contribution in [0.25, 0.3) is 22.2 Å².